The summed E-state index contributed by atoms with van der Waals surface area (Å²) >= 11 is 0. The highest BCUT2D eigenvalue weighted by Gasteiger charge is 2.37. The van der Waals surface area contributed by atoms with Crippen LogP contribution in [0.1, 0.15) is 10.4 Å². The van der Waals surface area contributed by atoms with E-state index in [0.29, 0.717) is 36.2 Å². The number of hydrogen-bond donors (Lipinski definition) is 2. The van der Waals surface area contributed by atoms with Gasteiger partial charge in [-0.2, -0.15) is 0 Å². The maximum atomic E-state index is 11.7. The number of primary amides is 1. The summed E-state index contributed by atoms with van der Waals surface area (Å²) < 4.78 is 23.8. The first-order valence-corrected chi connectivity index (χ1v) is 9.49. The van der Waals surface area contributed by atoms with E-state index >= 15 is 0 Å². The van der Waals surface area contributed by atoms with E-state index in [1.54, 1.807) is 12.1 Å². The van der Waals surface area contributed by atoms with E-state index in [-0.39, 0.29) is 11.9 Å². The topological polar surface area (TPSA) is 106 Å². The number of benzene rings is 1. The van der Waals surface area contributed by atoms with Gasteiger partial charge in [0.1, 0.15) is 5.75 Å². The first-order chi connectivity index (χ1) is 11.2. The van der Waals surface area contributed by atoms with Crippen molar-refractivity contribution in [1.82, 2.24) is 0 Å². The van der Waals surface area contributed by atoms with Crippen LogP contribution in [-0.2, 0) is 9.84 Å². The van der Waals surface area contributed by atoms with Gasteiger partial charge in [-0.3, -0.25) is 10.5 Å². The minimum atomic E-state index is -3.25. The normalized spacial score (nSPS) is 24.6. The van der Waals surface area contributed by atoms with Crippen molar-refractivity contribution in [2.75, 3.05) is 43.9 Å². The second-order valence-corrected chi connectivity index (χ2v) is 8.42. The Morgan fingerprint density at radius 3 is 2.71 bits per heavy atom. The molecule has 1 heterocycles. The predicted molar refractivity (Wildman–Crippen MR) is 95.1 cm³/mol. The van der Waals surface area contributed by atoms with Crippen molar-refractivity contribution >= 4 is 21.4 Å². The lowest BCUT2D eigenvalue weighted by Crippen LogP contribution is -2.68. The molecule has 0 spiro atoms. The van der Waals surface area contributed by atoms with Crippen LogP contribution in [0, 0.1) is 0 Å². The standard InChI is InChI=1S/C16H24N4O3S/c1-3-24(22,23)11-10-20(2)9-8-19(12-15(20)17)14-7-5-4-6-13(14)16(18)21/h3-7,15H,1,8-12,17H2,2H3,(H-,18,21)/p+1. The molecule has 0 radical (unpaired) electrons. The molecule has 8 heteroatoms. The Balaban J connectivity index is 2.13. The molecule has 1 saturated heterocycles. The molecule has 1 fully saturated rings. The molecule has 1 aromatic rings. The zero-order valence-electron chi connectivity index (χ0n) is 13.9. The summed E-state index contributed by atoms with van der Waals surface area (Å²) in [6.07, 6.45) is -0.264. The quantitative estimate of drug-likeness (QED) is 0.694. The molecule has 1 aliphatic heterocycles. The maximum absolute atomic E-state index is 11.7. The maximum Gasteiger partial charge on any atom is 0.250 e. The van der Waals surface area contributed by atoms with Crippen molar-refractivity contribution in [3.8, 4) is 0 Å². The molecule has 1 amide bonds. The van der Waals surface area contributed by atoms with Gasteiger partial charge in [0, 0.05) is 11.1 Å². The number of nitrogens with two attached hydrogens (primary N) is 2. The van der Waals surface area contributed by atoms with Crippen LogP contribution in [0.5, 0.6) is 0 Å². The molecule has 0 bridgehead atoms. The molecular weight excluding hydrogens is 328 g/mol. The Hall–Kier alpha value is -1.90. The molecule has 2 unspecified atom stereocenters. The SMILES string of the molecule is C=CS(=O)(=O)CC[N+]1(C)CCN(c2ccccc2C(N)=O)CC1N. The van der Waals surface area contributed by atoms with Crippen LogP contribution in [-0.4, -0.2) is 64.0 Å². The number of sulfone groups is 1. The monoisotopic (exact) mass is 353 g/mol. The van der Waals surface area contributed by atoms with Crippen LogP contribution in [0.25, 0.3) is 0 Å². The van der Waals surface area contributed by atoms with Crippen LogP contribution in [0.4, 0.5) is 5.69 Å². The zero-order valence-corrected chi connectivity index (χ0v) is 14.7. The Labute approximate surface area is 143 Å². The summed E-state index contributed by atoms with van der Waals surface area (Å²) in [6.45, 7) is 5.64. The predicted octanol–water partition coefficient (Wildman–Crippen LogP) is -0.105. The highest BCUT2D eigenvalue weighted by Crippen LogP contribution is 2.24. The molecule has 0 saturated carbocycles. The molecule has 2 atom stereocenters. The van der Waals surface area contributed by atoms with Crippen LogP contribution in [0.2, 0.25) is 0 Å². The Kier molecular flexibility index (Phi) is 5.32. The van der Waals surface area contributed by atoms with Crippen LogP contribution < -0.4 is 16.4 Å². The van der Waals surface area contributed by atoms with E-state index in [9.17, 15) is 13.2 Å². The third kappa shape index (κ3) is 3.95. The van der Waals surface area contributed by atoms with Gasteiger partial charge in [0.2, 0.25) is 0 Å². The first kappa shape index (κ1) is 18.4. The number of rotatable bonds is 6. The molecular formula is C16H25N4O3S+. The van der Waals surface area contributed by atoms with Crippen LogP contribution in [0.15, 0.2) is 36.3 Å². The number of carbonyl (C=O) groups excluding carboxylic acids is 1. The Morgan fingerprint density at radius 2 is 2.12 bits per heavy atom. The molecule has 132 valence electrons. The molecule has 1 aliphatic rings. The van der Waals surface area contributed by atoms with E-state index in [0.717, 1.165) is 11.1 Å². The molecule has 1 aromatic carbocycles. The fourth-order valence-corrected chi connectivity index (χ4v) is 3.74. The highest BCUT2D eigenvalue weighted by atomic mass is 32.2. The summed E-state index contributed by atoms with van der Waals surface area (Å²) in [5.74, 6) is -0.447. The first-order valence-electron chi connectivity index (χ1n) is 7.77. The van der Waals surface area contributed by atoms with Crippen molar-refractivity contribution in [2.24, 2.45) is 11.5 Å². The molecule has 2 rings (SSSR count). The molecule has 0 aliphatic carbocycles. The number of hydrogen-bond acceptors (Lipinski definition) is 5. The Morgan fingerprint density at radius 1 is 1.46 bits per heavy atom. The lowest BCUT2D eigenvalue weighted by atomic mass is 10.1. The molecule has 24 heavy (non-hydrogen) atoms. The third-order valence-corrected chi connectivity index (χ3v) is 6.00. The smallest absolute Gasteiger partial charge is 0.250 e. The van der Waals surface area contributed by atoms with Gasteiger partial charge in [-0.05, 0) is 12.1 Å². The number of carbonyl (C=O) groups is 1. The minimum absolute atomic E-state index is 0.0264. The van der Waals surface area contributed by atoms with E-state index < -0.39 is 15.7 Å². The van der Waals surface area contributed by atoms with Gasteiger partial charge in [0.25, 0.3) is 5.91 Å². The lowest BCUT2D eigenvalue weighted by molar-refractivity contribution is -0.931. The van der Waals surface area contributed by atoms with Crippen molar-refractivity contribution < 1.29 is 17.7 Å². The summed E-state index contributed by atoms with van der Waals surface area (Å²) in [5, 5.41) is 0.990. The zero-order chi connectivity index (χ0) is 18.0. The van der Waals surface area contributed by atoms with Crippen molar-refractivity contribution in [2.45, 2.75) is 6.17 Å². The number of quaternary nitrogens is 1. The summed E-state index contributed by atoms with van der Waals surface area (Å²) in [4.78, 5) is 13.6. The lowest BCUT2D eigenvalue weighted by Gasteiger charge is -2.47. The second kappa shape index (κ2) is 6.92. The summed E-state index contributed by atoms with van der Waals surface area (Å²) in [5.41, 5.74) is 13.0. The largest absolute Gasteiger partial charge is 0.366 e. The van der Waals surface area contributed by atoms with E-state index in [1.165, 1.54) is 0 Å². The van der Waals surface area contributed by atoms with Gasteiger partial charge in [-0.25, -0.2) is 8.42 Å². The van der Waals surface area contributed by atoms with Gasteiger partial charge in [0.15, 0.2) is 16.0 Å². The fourth-order valence-electron chi connectivity index (χ4n) is 2.90. The molecule has 7 nitrogen and oxygen atoms in total. The van der Waals surface area contributed by atoms with E-state index in [1.807, 2.05) is 24.1 Å². The van der Waals surface area contributed by atoms with E-state index in [2.05, 4.69) is 6.58 Å². The molecule has 0 aromatic heterocycles. The van der Waals surface area contributed by atoms with E-state index in [4.69, 9.17) is 11.5 Å². The van der Waals surface area contributed by atoms with Gasteiger partial charge in [0.05, 0.1) is 38.8 Å². The van der Waals surface area contributed by atoms with Crippen LogP contribution in [0.3, 0.4) is 0 Å². The number of nitrogens with zero attached hydrogens (tertiary/aromatic N) is 2. The average molecular weight is 353 g/mol. The average Bonchev–Trinajstić information content (AvgIpc) is 2.56. The van der Waals surface area contributed by atoms with Crippen molar-refractivity contribution in [3.05, 3.63) is 41.8 Å². The highest BCUT2D eigenvalue weighted by molar-refractivity contribution is 7.94. The van der Waals surface area contributed by atoms with Crippen LogP contribution >= 0.6 is 0 Å². The fraction of sp³-hybridized carbons (Fsp3) is 0.438. The number of anilines is 1. The number of piperazine rings is 1. The second-order valence-electron chi connectivity index (χ2n) is 6.36. The molecule has 4 N–H and O–H groups in total. The van der Waals surface area contributed by atoms with Gasteiger partial charge in [-0.1, -0.05) is 18.7 Å². The van der Waals surface area contributed by atoms with Crippen molar-refractivity contribution in [1.29, 1.82) is 0 Å². The summed E-state index contributed by atoms with van der Waals surface area (Å²) in [6, 6.07) is 7.17. The minimum Gasteiger partial charge on any atom is -0.366 e. The van der Waals surface area contributed by atoms with Gasteiger partial charge in [-0.15, -0.1) is 0 Å². The number of amides is 1. The van der Waals surface area contributed by atoms with Gasteiger partial charge >= 0.3 is 0 Å². The number of para-hydroxylation sites is 1. The van der Waals surface area contributed by atoms with Gasteiger partial charge < -0.3 is 15.1 Å². The number of likely N-dealkylation sites (N-methyl/N-ethyl adjacent to an activating group) is 1. The summed E-state index contributed by atoms with van der Waals surface area (Å²) in [7, 11) is -1.29. The Bertz CT molecular complexity index is 735. The van der Waals surface area contributed by atoms with Crippen molar-refractivity contribution in [3.63, 3.8) is 0 Å². The third-order valence-electron chi connectivity index (χ3n) is 4.74.